The maximum Gasteiger partial charge on any atom is 0.303 e. The molecule has 1 saturated carbocycles. The van der Waals surface area contributed by atoms with Crippen LogP contribution in [-0.4, -0.2) is 42.8 Å². The van der Waals surface area contributed by atoms with E-state index in [-0.39, 0.29) is 12.3 Å². The fourth-order valence-electron chi connectivity index (χ4n) is 4.35. The second kappa shape index (κ2) is 9.99. The third-order valence-corrected chi connectivity index (χ3v) is 5.78. The number of carboxylic acid groups (broad SMARTS) is 1. The van der Waals surface area contributed by atoms with E-state index >= 15 is 0 Å². The Kier molecular flexibility index (Phi) is 7.40. The van der Waals surface area contributed by atoms with Crippen LogP contribution in [0.4, 0.5) is 11.4 Å². The monoisotopic (exact) mass is 401 g/mol. The number of nitrogens with zero attached hydrogens (tertiary/aromatic N) is 2. The summed E-state index contributed by atoms with van der Waals surface area (Å²) in [6.07, 6.45) is 6.46. The molecule has 1 atom stereocenters. The largest absolute Gasteiger partial charge is 0.481 e. The van der Waals surface area contributed by atoms with E-state index in [9.17, 15) is 9.90 Å². The lowest BCUT2D eigenvalue weighted by atomic mass is 9.92. The number of benzene rings is 1. The van der Waals surface area contributed by atoms with Crippen LogP contribution in [0.5, 0.6) is 0 Å². The molecule has 0 bridgehead atoms. The Hall–Kier alpha value is -2.24. The lowest BCUT2D eigenvalue weighted by Gasteiger charge is -2.38. The van der Waals surface area contributed by atoms with Gasteiger partial charge in [0.25, 0.3) is 6.02 Å². The summed E-state index contributed by atoms with van der Waals surface area (Å²) in [6.45, 7) is 8.75. The van der Waals surface area contributed by atoms with Crippen LogP contribution in [0.3, 0.4) is 0 Å². The first-order valence-electron chi connectivity index (χ1n) is 11.0. The van der Waals surface area contributed by atoms with E-state index in [1.807, 2.05) is 6.92 Å². The number of aliphatic imine (C=N–C) groups is 1. The van der Waals surface area contributed by atoms with Gasteiger partial charge >= 0.3 is 5.97 Å². The van der Waals surface area contributed by atoms with Gasteiger partial charge in [0, 0.05) is 12.6 Å². The molecule has 1 heterocycles. The van der Waals surface area contributed by atoms with E-state index in [1.54, 1.807) is 0 Å². The summed E-state index contributed by atoms with van der Waals surface area (Å²) in [7, 11) is 0. The molecule has 3 rings (SSSR count). The molecule has 0 aromatic heterocycles. The Morgan fingerprint density at radius 1 is 1.28 bits per heavy atom. The molecular formula is C23H35N3O3. The summed E-state index contributed by atoms with van der Waals surface area (Å²) in [5, 5.41) is 12.6. The van der Waals surface area contributed by atoms with E-state index in [0.717, 1.165) is 23.5 Å². The third kappa shape index (κ3) is 5.87. The smallest absolute Gasteiger partial charge is 0.303 e. The Balaban J connectivity index is 1.95. The first-order chi connectivity index (χ1) is 13.9. The maximum absolute atomic E-state index is 11.2. The van der Waals surface area contributed by atoms with Crippen LogP contribution in [0, 0.1) is 5.92 Å². The van der Waals surface area contributed by atoms with Gasteiger partial charge in [-0.25, -0.2) is 4.99 Å². The van der Waals surface area contributed by atoms with E-state index in [4.69, 9.17) is 4.74 Å². The normalized spacial score (nSPS) is 18.3. The summed E-state index contributed by atoms with van der Waals surface area (Å²) in [6, 6.07) is 7.43. The van der Waals surface area contributed by atoms with E-state index < -0.39 is 5.97 Å². The number of hydrogen-bond acceptors (Lipinski definition) is 5. The van der Waals surface area contributed by atoms with Gasteiger partial charge in [0.2, 0.25) is 0 Å². The zero-order valence-electron chi connectivity index (χ0n) is 18.0. The summed E-state index contributed by atoms with van der Waals surface area (Å²) >= 11 is 0. The highest BCUT2D eigenvalue weighted by Crippen LogP contribution is 2.36. The number of carboxylic acids is 1. The quantitative estimate of drug-likeness (QED) is 0.651. The third-order valence-electron chi connectivity index (χ3n) is 5.78. The van der Waals surface area contributed by atoms with Crippen molar-refractivity contribution in [1.29, 1.82) is 0 Å². The molecule has 0 saturated heterocycles. The van der Waals surface area contributed by atoms with Crippen LogP contribution in [0.15, 0.2) is 23.2 Å². The minimum Gasteiger partial charge on any atom is -0.481 e. The van der Waals surface area contributed by atoms with Crippen LogP contribution in [-0.2, 0) is 9.53 Å². The number of aliphatic carboxylic acids is 1. The molecule has 160 valence electrons. The van der Waals surface area contributed by atoms with Crippen molar-refractivity contribution < 1.29 is 14.6 Å². The average Bonchev–Trinajstić information content (AvgIpc) is 3.19. The molecule has 0 amide bonds. The molecule has 29 heavy (non-hydrogen) atoms. The van der Waals surface area contributed by atoms with Crippen molar-refractivity contribution in [2.45, 2.75) is 71.3 Å². The molecule has 6 nitrogen and oxygen atoms in total. The van der Waals surface area contributed by atoms with Gasteiger partial charge in [-0.2, -0.15) is 0 Å². The number of carbonyl (C=O) groups is 1. The lowest BCUT2D eigenvalue weighted by molar-refractivity contribution is -0.137. The SMILES string of the molecule is CC(C)CN(c1ccc(C(C)CC(=O)O)cc1NC1=NCCO1)C1CCCCC1. The molecule has 2 aliphatic rings. The molecule has 1 fully saturated rings. The Morgan fingerprint density at radius 3 is 2.66 bits per heavy atom. The maximum atomic E-state index is 11.2. The van der Waals surface area contributed by atoms with Crippen molar-refractivity contribution >= 4 is 23.4 Å². The van der Waals surface area contributed by atoms with Gasteiger partial charge in [0.1, 0.15) is 6.61 Å². The second-order valence-corrected chi connectivity index (χ2v) is 8.77. The van der Waals surface area contributed by atoms with Gasteiger partial charge in [0.05, 0.1) is 24.3 Å². The van der Waals surface area contributed by atoms with Gasteiger partial charge in [-0.3, -0.25) is 4.79 Å². The summed E-state index contributed by atoms with van der Waals surface area (Å²) in [4.78, 5) is 18.1. The van der Waals surface area contributed by atoms with Crippen LogP contribution >= 0.6 is 0 Å². The standard InChI is InChI=1S/C23H35N3O3/c1-16(2)15-26(19-7-5-4-6-8-19)21-10-9-18(17(3)13-22(27)28)14-20(21)25-23-24-11-12-29-23/h9-10,14,16-17,19H,4-8,11-13,15H2,1-3H3,(H,24,25)(H,27,28). The van der Waals surface area contributed by atoms with Crippen LogP contribution in [0.2, 0.25) is 0 Å². The van der Waals surface area contributed by atoms with Crippen molar-refractivity contribution in [1.82, 2.24) is 0 Å². The molecule has 1 aliphatic carbocycles. The first-order valence-corrected chi connectivity index (χ1v) is 11.0. The van der Waals surface area contributed by atoms with Crippen LogP contribution in [0.1, 0.15) is 70.8 Å². The van der Waals surface area contributed by atoms with Crippen LogP contribution < -0.4 is 10.2 Å². The number of nitrogens with one attached hydrogen (secondary N) is 1. The summed E-state index contributed by atoms with van der Waals surface area (Å²) in [5.74, 6) is -0.277. The lowest BCUT2D eigenvalue weighted by Crippen LogP contribution is -2.40. The highest BCUT2D eigenvalue weighted by Gasteiger charge is 2.25. The molecule has 1 aromatic carbocycles. The molecule has 1 unspecified atom stereocenters. The van der Waals surface area contributed by atoms with Gasteiger partial charge in [-0.1, -0.05) is 46.1 Å². The van der Waals surface area contributed by atoms with Crippen molar-refractivity contribution in [3.63, 3.8) is 0 Å². The second-order valence-electron chi connectivity index (χ2n) is 8.77. The minimum atomic E-state index is -0.775. The Bertz CT molecular complexity index is 726. The fraction of sp³-hybridized carbons (Fsp3) is 0.652. The topological polar surface area (TPSA) is 74.2 Å². The molecule has 1 aromatic rings. The van der Waals surface area contributed by atoms with Crippen molar-refractivity contribution in [3.05, 3.63) is 23.8 Å². The fourth-order valence-corrected chi connectivity index (χ4v) is 4.35. The predicted molar refractivity (Wildman–Crippen MR) is 118 cm³/mol. The van der Waals surface area contributed by atoms with Gasteiger partial charge in [0.15, 0.2) is 0 Å². The molecular weight excluding hydrogens is 366 g/mol. The van der Waals surface area contributed by atoms with E-state index in [2.05, 4.69) is 47.3 Å². The van der Waals surface area contributed by atoms with Gasteiger partial charge in [-0.15, -0.1) is 0 Å². The minimum absolute atomic E-state index is 0.0539. The Labute approximate surface area is 174 Å². The molecule has 0 radical (unpaired) electrons. The number of amidine groups is 1. The highest BCUT2D eigenvalue weighted by atomic mass is 16.5. The molecule has 0 spiro atoms. The van der Waals surface area contributed by atoms with Gasteiger partial charge in [-0.05, 0) is 42.4 Å². The van der Waals surface area contributed by atoms with Crippen molar-refractivity contribution in [3.8, 4) is 0 Å². The number of hydrogen-bond donors (Lipinski definition) is 2. The summed E-state index contributed by atoms with van der Waals surface area (Å²) in [5.41, 5.74) is 3.15. The van der Waals surface area contributed by atoms with E-state index in [0.29, 0.717) is 31.1 Å². The zero-order valence-corrected chi connectivity index (χ0v) is 18.0. The van der Waals surface area contributed by atoms with Crippen molar-refractivity contribution in [2.24, 2.45) is 10.9 Å². The first kappa shape index (κ1) is 21.5. The Morgan fingerprint density at radius 2 is 2.03 bits per heavy atom. The van der Waals surface area contributed by atoms with Gasteiger partial charge < -0.3 is 20.1 Å². The number of rotatable bonds is 8. The zero-order chi connectivity index (χ0) is 20.8. The highest BCUT2D eigenvalue weighted by molar-refractivity contribution is 5.94. The predicted octanol–water partition coefficient (Wildman–Crippen LogP) is 4.86. The number of anilines is 2. The number of ether oxygens (including phenoxy) is 1. The summed E-state index contributed by atoms with van der Waals surface area (Å²) < 4.78 is 5.61. The molecule has 1 aliphatic heterocycles. The van der Waals surface area contributed by atoms with Crippen molar-refractivity contribution in [2.75, 3.05) is 29.9 Å². The molecule has 2 N–H and O–H groups in total. The van der Waals surface area contributed by atoms with Crippen LogP contribution in [0.25, 0.3) is 0 Å². The average molecular weight is 402 g/mol. The molecule has 6 heteroatoms. The van der Waals surface area contributed by atoms with E-state index in [1.165, 1.54) is 32.1 Å².